The Morgan fingerprint density at radius 2 is 0.843 bits per heavy atom. The summed E-state index contributed by atoms with van der Waals surface area (Å²) in [6.07, 6.45) is 0. The second kappa shape index (κ2) is 11.4. The molecule has 0 heteroatoms. The Kier molecular flexibility index (Phi) is 6.63. The summed E-state index contributed by atoms with van der Waals surface area (Å²) < 4.78 is 0. The van der Waals surface area contributed by atoms with Gasteiger partial charge in [0.05, 0.1) is 0 Å². The van der Waals surface area contributed by atoms with Gasteiger partial charge in [0.2, 0.25) is 0 Å². The van der Waals surface area contributed by atoms with Gasteiger partial charge >= 0.3 is 0 Å². The minimum absolute atomic E-state index is 0.0641. The Hall–Kier alpha value is -6.24. The molecule has 0 saturated carbocycles. The van der Waals surface area contributed by atoms with Crippen molar-refractivity contribution in [3.8, 4) is 55.6 Å². The zero-order valence-electron chi connectivity index (χ0n) is 28.8. The third-order valence-electron chi connectivity index (χ3n) is 11.2. The highest BCUT2D eigenvalue weighted by Gasteiger charge is 2.37. The molecule has 51 heavy (non-hydrogen) atoms. The van der Waals surface area contributed by atoms with E-state index < -0.39 is 0 Å². The number of hydrogen-bond acceptors (Lipinski definition) is 0. The van der Waals surface area contributed by atoms with Crippen molar-refractivity contribution in [1.29, 1.82) is 0 Å². The molecule has 0 spiro atoms. The zero-order chi connectivity index (χ0) is 34.1. The van der Waals surface area contributed by atoms with Crippen molar-refractivity contribution in [2.24, 2.45) is 0 Å². The molecule has 0 radical (unpaired) electrons. The first-order chi connectivity index (χ1) is 25.1. The first kappa shape index (κ1) is 29.7. The van der Waals surface area contributed by atoms with Crippen molar-refractivity contribution in [2.75, 3.05) is 0 Å². The van der Waals surface area contributed by atoms with Crippen LogP contribution in [-0.2, 0) is 5.41 Å². The van der Waals surface area contributed by atoms with Gasteiger partial charge in [0.15, 0.2) is 0 Å². The van der Waals surface area contributed by atoms with Crippen LogP contribution in [-0.4, -0.2) is 0 Å². The Morgan fingerprint density at radius 1 is 0.314 bits per heavy atom. The number of hydrogen-bond donors (Lipinski definition) is 0. The monoisotopic (exact) mass is 648 g/mol. The molecule has 0 aliphatic heterocycles. The standard InChI is InChI=1S/C51H36/c1-51(2)47-26-13-12-19-40(47)45-25-14-24-39(50(45)51)34-27-29-35(30-28-34)48-41-20-8-10-22-43(41)49(44-23-11-9-21-42(44)48)46-32-37(33-15-4-3-5-16-33)31-36-17-6-7-18-38(36)46/h3-32H,1-2H3. The average Bonchev–Trinajstić information content (AvgIpc) is 3.43. The van der Waals surface area contributed by atoms with Crippen molar-refractivity contribution < 1.29 is 0 Å². The molecule has 0 aromatic heterocycles. The lowest BCUT2D eigenvalue weighted by atomic mass is 9.78. The maximum Gasteiger partial charge on any atom is 0.0165 e. The van der Waals surface area contributed by atoms with Gasteiger partial charge in [-0.25, -0.2) is 0 Å². The first-order valence-electron chi connectivity index (χ1n) is 17.9. The Balaban J connectivity index is 1.18. The summed E-state index contributed by atoms with van der Waals surface area (Å²) in [4.78, 5) is 0. The predicted octanol–water partition coefficient (Wildman–Crippen LogP) is 14.1. The molecule has 1 aliphatic carbocycles. The zero-order valence-corrected chi connectivity index (χ0v) is 28.8. The van der Waals surface area contributed by atoms with Crippen LogP contribution in [0.5, 0.6) is 0 Å². The summed E-state index contributed by atoms with van der Waals surface area (Å²) >= 11 is 0. The van der Waals surface area contributed by atoms with Crippen LogP contribution >= 0.6 is 0 Å². The highest BCUT2D eigenvalue weighted by molar-refractivity contribution is 6.23. The van der Waals surface area contributed by atoms with Crippen LogP contribution in [0.4, 0.5) is 0 Å². The van der Waals surface area contributed by atoms with Gasteiger partial charge in [0.1, 0.15) is 0 Å². The van der Waals surface area contributed by atoms with Crippen LogP contribution in [0, 0.1) is 0 Å². The molecule has 240 valence electrons. The van der Waals surface area contributed by atoms with Crippen LogP contribution in [0.2, 0.25) is 0 Å². The van der Waals surface area contributed by atoms with Crippen LogP contribution in [0.25, 0.3) is 88.0 Å². The van der Waals surface area contributed by atoms with Gasteiger partial charge in [-0.3, -0.25) is 0 Å². The second-order valence-corrected chi connectivity index (χ2v) is 14.4. The molecule has 0 nitrogen and oxygen atoms in total. The minimum Gasteiger partial charge on any atom is -0.0622 e. The number of benzene rings is 9. The van der Waals surface area contributed by atoms with Crippen molar-refractivity contribution in [3.63, 3.8) is 0 Å². The molecule has 0 heterocycles. The quantitative estimate of drug-likeness (QED) is 0.167. The van der Waals surface area contributed by atoms with Crippen LogP contribution in [0.3, 0.4) is 0 Å². The molecule has 9 aromatic carbocycles. The van der Waals surface area contributed by atoms with E-state index in [0.29, 0.717) is 0 Å². The molecule has 0 amide bonds. The van der Waals surface area contributed by atoms with Gasteiger partial charge in [-0.05, 0) is 111 Å². The average molecular weight is 649 g/mol. The second-order valence-electron chi connectivity index (χ2n) is 14.4. The van der Waals surface area contributed by atoms with Gasteiger partial charge in [-0.2, -0.15) is 0 Å². The summed E-state index contributed by atoms with van der Waals surface area (Å²) in [5.74, 6) is 0. The predicted molar refractivity (Wildman–Crippen MR) is 218 cm³/mol. The van der Waals surface area contributed by atoms with E-state index in [0.717, 1.165) is 0 Å². The van der Waals surface area contributed by atoms with E-state index in [1.165, 1.54) is 99.1 Å². The molecule has 0 bridgehead atoms. The van der Waals surface area contributed by atoms with E-state index in [1.54, 1.807) is 0 Å². The summed E-state index contributed by atoms with van der Waals surface area (Å²) in [6.45, 7) is 4.74. The molecule has 1 aliphatic rings. The van der Waals surface area contributed by atoms with Crippen LogP contribution in [0.15, 0.2) is 182 Å². The fourth-order valence-corrected chi connectivity index (χ4v) is 8.95. The van der Waals surface area contributed by atoms with E-state index in [1.807, 2.05) is 0 Å². The smallest absolute Gasteiger partial charge is 0.0165 e. The van der Waals surface area contributed by atoms with Gasteiger partial charge in [0.25, 0.3) is 0 Å². The summed E-state index contributed by atoms with van der Waals surface area (Å²) in [6, 6.07) is 67.3. The Morgan fingerprint density at radius 3 is 1.55 bits per heavy atom. The summed E-state index contributed by atoms with van der Waals surface area (Å²) in [5.41, 5.74) is 15.6. The highest BCUT2D eigenvalue weighted by atomic mass is 14.4. The Labute approximate surface area is 299 Å². The maximum absolute atomic E-state index is 2.40. The molecule has 0 fully saturated rings. The van der Waals surface area contributed by atoms with E-state index in [9.17, 15) is 0 Å². The lowest BCUT2D eigenvalue weighted by molar-refractivity contribution is 0.662. The molecule has 10 rings (SSSR count). The molecule has 0 N–H and O–H groups in total. The van der Waals surface area contributed by atoms with E-state index >= 15 is 0 Å². The highest BCUT2D eigenvalue weighted by Crippen LogP contribution is 2.52. The van der Waals surface area contributed by atoms with E-state index in [4.69, 9.17) is 0 Å². The normalized spacial score (nSPS) is 13.1. The fourth-order valence-electron chi connectivity index (χ4n) is 8.95. The third kappa shape index (κ3) is 4.53. The molecular weight excluding hydrogens is 613 g/mol. The largest absolute Gasteiger partial charge is 0.0622 e. The molecule has 0 atom stereocenters. The van der Waals surface area contributed by atoms with Crippen molar-refractivity contribution in [1.82, 2.24) is 0 Å². The molecule has 9 aromatic rings. The molecular formula is C51H36. The van der Waals surface area contributed by atoms with Gasteiger partial charge in [0, 0.05) is 5.41 Å². The lowest BCUT2D eigenvalue weighted by Gasteiger charge is -2.24. The molecule has 0 saturated heterocycles. The van der Waals surface area contributed by atoms with Crippen molar-refractivity contribution in [3.05, 3.63) is 193 Å². The Bertz CT molecular complexity index is 2740. The SMILES string of the molecule is CC1(C)c2ccccc2-c2cccc(-c3ccc(-c4c5ccccc5c(-c5cc(-c6ccccc6)cc6ccccc56)c5ccccc45)cc3)c21. The first-order valence-corrected chi connectivity index (χ1v) is 17.9. The maximum atomic E-state index is 2.40. The lowest BCUT2D eigenvalue weighted by Crippen LogP contribution is -2.16. The third-order valence-corrected chi connectivity index (χ3v) is 11.2. The van der Waals surface area contributed by atoms with E-state index in [2.05, 4.69) is 196 Å². The van der Waals surface area contributed by atoms with Crippen LogP contribution < -0.4 is 0 Å². The van der Waals surface area contributed by atoms with Crippen molar-refractivity contribution >= 4 is 32.3 Å². The number of rotatable bonds is 4. The van der Waals surface area contributed by atoms with Gasteiger partial charge in [-0.15, -0.1) is 0 Å². The minimum atomic E-state index is -0.0641. The molecule has 0 unspecified atom stereocenters. The fraction of sp³-hybridized carbons (Fsp3) is 0.0588. The summed E-state index contributed by atoms with van der Waals surface area (Å²) in [5, 5.41) is 7.60. The van der Waals surface area contributed by atoms with Crippen LogP contribution in [0.1, 0.15) is 25.0 Å². The van der Waals surface area contributed by atoms with E-state index in [-0.39, 0.29) is 5.41 Å². The van der Waals surface area contributed by atoms with Gasteiger partial charge < -0.3 is 0 Å². The number of fused-ring (bicyclic) bond motifs is 6. The topological polar surface area (TPSA) is 0 Å². The van der Waals surface area contributed by atoms with Gasteiger partial charge in [-0.1, -0.05) is 184 Å². The van der Waals surface area contributed by atoms with Crippen molar-refractivity contribution in [2.45, 2.75) is 19.3 Å². The summed E-state index contributed by atoms with van der Waals surface area (Å²) in [7, 11) is 0.